The molecule has 8 heteroatoms. The Balaban J connectivity index is 0.00000320. The molecule has 2 heterocycles. The Morgan fingerprint density at radius 3 is 2.16 bits per heavy atom. The van der Waals surface area contributed by atoms with Crippen LogP contribution in [0.4, 0.5) is 11.4 Å². The second kappa shape index (κ2) is 9.48. The maximum Gasteiger partial charge on any atom is 0.252 e. The van der Waals surface area contributed by atoms with Crippen molar-refractivity contribution in [1.29, 1.82) is 0 Å². The van der Waals surface area contributed by atoms with E-state index in [1.807, 2.05) is 18.3 Å². The van der Waals surface area contributed by atoms with Crippen molar-refractivity contribution in [3.05, 3.63) is 64.3 Å². The first-order valence-corrected chi connectivity index (χ1v) is 13.2. The minimum atomic E-state index is -0.290. The lowest BCUT2D eigenvalue weighted by molar-refractivity contribution is -1.17. The van der Waals surface area contributed by atoms with Crippen molar-refractivity contribution in [2.24, 2.45) is 0 Å². The van der Waals surface area contributed by atoms with E-state index in [1.165, 1.54) is 5.56 Å². The third-order valence-electron chi connectivity index (χ3n) is 8.63. The molecule has 196 valence electrons. The van der Waals surface area contributed by atoms with Crippen molar-refractivity contribution < 1.29 is 8.97 Å². The third-order valence-corrected chi connectivity index (χ3v) is 9.34. The van der Waals surface area contributed by atoms with E-state index in [1.54, 1.807) is 0 Å². The fraction of sp³-hybridized carbons (Fsp3) is 0.345. The van der Waals surface area contributed by atoms with Gasteiger partial charge in [0.1, 0.15) is 0 Å². The molecule has 1 aromatic heterocycles. The molecular weight excluding hydrogens is 525 g/mol. The van der Waals surface area contributed by atoms with Crippen molar-refractivity contribution in [3.8, 4) is 11.1 Å². The fourth-order valence-corrected chi connectivity index (χ4v) is 7.62. The summed E-state index contributed by atoms with van der Waals surface area (Å²) in [6.45, 7) is 4.44. The van der Waals surface area contributed by atoms with Crippen LogP contribution in [0, 0.1) is 0 Å². The summed E-state index contributed by atoms with van der Waals surface area (Å²) in [4.78, 5) is 4.73. The Kier molecular flexibility index (Phi) is 7.11. The molecule has 1 aliphatic rings. The molecule has 4 aromatic rings. The van der Waals surface area contributed by atoms with E-state index in [0.717, 1.165) is 67.7 Å². The van der Waals surface area contributed by atoms with Crippen molar-refractivity contribution in [1.82, 2.24) is 4.98 Å². The molecule has 0 unspecified atom stereocenters. The predicted molar refractivity (Wildman–Crippen MR) is 161 cm³/mol. The lowest BCUT2D eigenvalue weighted by Gasteiger charge is -2.60. The average Bonchev–Trinajstić information content (AvgIpc) is 2.83. The Morgan fingerprint density at radius 2 is 1.57 bits per heavy atom. The largest absolute Gasteiger partial charge is 0.398 e. The van der Waals surface area contributed by atoms with Crippen LogP contribution in [-0.4, -0.2) is 55.2 Å². The second-order valence-electron chi connectivity index (χ2n) is 11.1. The van der Waals surface area contributed by atoms with Crippen molar-refractivity contribution in [2.45, 2.75) is 25.4 Å². The van der Waals surface area contributed by atoms with Gasteiger partial charge in [0.25, 0.3) is 5.66 Å². The van der Waals surface area contributed by atoms with Crippen LogP contribution in [0.5, 0.6) is 0 Å². The van der Waals surface area contributed by atoms with E-state index in [2.05, 4.69) is 65.4 Å². The third kappa shape index (κ3) is 3.86. The fourth-order valence-electron chi connectivity index (χ4n) is 7.08. The number of hydrogen-bond acceptors (Lipinski definition) is 3. The number of anilines is 2. The number of rotatable bonds is 3. The lowest BCUT2D eigenvalue weighted by atomic mass is 9.78. The molecule has 1 fully saturated rings. The Hall–Kier alpha value is -2.28. The monoisotopic (exact) mass is 559 g/mol. The number of hydrogen-bond donors (Lipinski definition) is 2. The molecule has 1 saturated heterocycles. The zero-order chi connectivity index (χ0) is 26.0. The van der Waals surface area contributed by atoms with Gasteiger partial charge in [0.2, 0.25) is 0 Å². The zero-order valence-corrected chi connectivity index (χ0v) is 24.4. The first-order chi connectivity index (χ1) is 17.0. The molecule has 0 aliphatic carbocycles. The van der Waals surface area contributed by atoms with Crippen molar-refractivity contribution >= 4 is 68.7 Å². The summed E-state index contributed by atoms with van der Waals surface area (Å²) >= 11 is 13.5. The van der Waals surface area contributed by atoms with Crippen LogP contribution in [0.25, 0.3) is 32.8 Å². The number of quaternary nitrogens is 2. The van der Waals surface area contributed by atoms with Gasteiger partial charge in [-0.15, -0.1) is 12.4 Å². The Labute approximate surface area is 235 Å². The normalized spacial score (nSPS) is 18.0. The van der Waals surface area contributed by atoms with Crippen molar-refractivity contribution in [3.63, 3.8) is 0 Å². The molecular formula is C29H36Cl3N5+2. The zero-order valence-electron chi connectivity index (χ0n) is 22.1. The van der Waals surface area contributed by atoms with Crippen molar-refractivity contribution in [2.75, 3.05) is 52.7 Å². The molecule has 0 bridgehead atoms. The SMILES string of the molecule is CCC1(c2c(-c3ccccc3)cc(N)c3cnc4cc(Cl)c(N)c(Cl)c4c23)[N+](C)(C)CCC[N+]1(C)C.Cl. The average molecular weight is 561 g/mol. The molecule has 37 heavy (non-hydrogen) atoms. The van der Waals surface area contributed by atoms with Crippen LogP contribution in [0.3, 0.4) is 0 Å². The van der Waals surface area contributed by atoms with Crippen LogP contribution in [-0.2, 0) is 5.66 Å². The highest BCUT2D eigenvalue weighted by atomic mass is 35.5. The number of halogens is 3. The number of nitrogens with two attached hydrogens (primary N) is 2. The van der Waals surface area contributed by atoms with Gasteiger partial charge < -0.3 is 11.5 Å². The number of fused-ring (bicyclic) bond motifs is 3. The molecule has 0 spiro atoms. The van der Waals surface area contributed by atoms with Crippen LogP contribution in [0.2, 0.25) is 10.0 Å². The second-order valence-corrected chi connectivity index (χ2v) is 11.9. The molecule has 0 saturated carbocycles. The van der Waals surface area contributed by atoms with Gasteiger partial charge in [-0.2, -0.15) is 0 Å². The lowest BCUT2D eigenvalue weighted by Crippen LogP contribution is -2.75. The van der Waals surface area contributed by atoms with E-state index in [9.17, 15) is 0 Å². The maximum absolute atomic E-state index is 7.00. The minimum Gasteiger partial charge on any atom is -0.398 e. The van der Waals surface area contributed by atoms with E-state index in [4.69, 9.17) is 39.7 Å². The summed E-state index contributed by atoms with van der Waals surface area (Å²) in [6, 6.07) is 14.5. The molecule has 4 N–H and O–H groups in total. The highest BCUT2D eigenvalue weighted by Gasteiger charge is 2.62. The minimum absolute atomic E-state index is 0. The maximum atomic E-state index is 7.00. The van der Waals surface area contributed by atoms with Gasteiger partial charge in [-0.05, 0) is 17.7 Å². The quantitative estimate of drug-likeness (QED) is 0.160. The number of nitrogen functional groups attached to an aromatic ring is 2. The molecule has 5 nitrogen and oxygen atoms in total. The van der Waals surface area contributed by atoms with Gasteiger partial charge in [-0.25, -0.2) is 0 Å². The topological polar surface area (TPSA) is 64.9 Å². The van der Waals surface area contributed by atoms with Gasteiger partial charge in [0.05, 0.1) is 74.5 Å². The molecule has 0 atom stereocenters. The van der Waals surface area contributed by atoms with Gasteiger partial charge in [-0.1, -0.05) is 60.5 Å². The van der Waals surface area contributed by atoms with Gasteiger partial charge >= 0.3 is 0 Å². The molecule has 0 amide bonds. The first kappa shape index (κ1) is 27.7. The van der Waals surface area contributed by atoms with Crippen LogP contribution < -0.4 is 11.5 Å². The van der Waals surface area contributed by atoms with E-state index < -0.39 is 0 Å². The number of nitrogens with zero attached hydrogens (tertiary/aromatic N) is 3. The van der Waals surface area contributed by atoms with Gasteiger partial charge in [0, 0.05) is 40.0 Å². The Morgan fingerprint density at radius 1 is 0.946 bits per heavy atom. The summed E-state index contributed by atoms with van der Waals surface area (Å²) in [5.41, 5.74) is 18.1. The first-order valence-electron chi connectivity index (χ1n) is 12.5. The summed E-state index contributed by atoms with van der Waals surface area (Å²) in [5.74, 6) is 0. The molecule has 0 radical (unpaired) electrons. The van der Waals surface area contributed by atoms with Crippen LogP contribution >= 0.6 is 35.6 Å². The Bertz CT molecular complexity index is 1480. The summed E-state index contributed by atoms with van der Waals surface area (Å²) in [7, 11) is 9.43. The highest BCUT2D eigenvalue weighted by molar-refractivity contribution is 6.44. The van der Waals surface area contributed by atoms with E-state index in [0.29, 0.717) is 21.4 Å². The standard InChI is InChI=1S/C29H35Cl2N5.ClH/c1-6-29(35(2,3)13-10-14-36(29,4)5)26-19(18-11-8-7-9-12-18)15-22(32)20-17-34-23-16-21(30)28(33)27(31)25(23)24(20)26;/h7-9,11-12,15-17H,6,10,13-14,32-33H2,1-5H3;1H/q+2;. The molecule has 1 aliphatic heterocycles. The number of aromatic nitrogens is 1. The molecule has 5 rings (SSSR count). The number of benzene rings is 3. The summed E-state index contributed by atoms with van der Waals surface area (Å²) in [5, 5.41) is 3.56. The van der Waals surface area contributed by atoms with Crippen LogP contribution in [0.1, 0.15) is 25.3 Å². The van der Waals surface area contributed by atoms with Gasteiger partial charge in [0.15, 0.2) is 0 Å². The molecule has 3 aromatic carbocycles. The highest BCUT2D eigenvalue weighted by Crippen LogP contribution is 2.54. The number of pyridine rings is 1. The predicted octanol–water partition coefficient (Wildman–Crippen LogP) is 7.07. The van der Waals surface area contributed by atoms with E-state index in [-0.39, 0.29) is 18.1 Å². The van der Waals surface area contributed by atoms with Gasteiger partial charge in [-0.3, -0.25) is 14.0 Å². The summed E-state index contributed by atoms with van der Waals surface area (Å²) < 4.78 is 1.67. The smallest absolute Gasteiger partial charge is 0.252 e. The van der Waals surface area contributed by atoms with Crippen LogP contribution in [0.15, 0.2) is 48.7 Å². The van der Waals surface area contributed by atoms with E-state index >= 15 is 0 Å². The summed E-state index contributed by atoms with van der Waals surface area (Å²) in [6.07, 6.45) is 3.94.